The number of amides is 1. The molecular weight excluding hydrogens is 407 g/mol. The smallest absolute Gasteiger partial charge is 0.255 e. The van der Waals surface area contributed by atoms with Gasteiger partial charge in [-0.1, -0.05) is 11.6 Å². The van der Waals surface area contributed by atoms with Gasteiger partial charge < -0.3 is 20.3 Å². The molecule has 0 aliphatic rings. The van der Waals surface area contributed by atoms with Crippen molar-refractivity contribution in [2.24, 2.45) is 0 Å². The van der Waals surface area contributed by atoms with E-state index in [1.165, 1.54) is 20.0 Å². The Labute approximate surface area is 180 Å². The van der Waals surface area contributed by atoms with Crippen LogP contribution in [0.2, 0.25) is 5.02 Å². The first-order valence-corrected chi connectivity index (χ1v) is 10.1. The second-order valence-corrected chi connectivity index (χ2v) is 8.54. The van der Waals surface area contributed by atoms with Crippen LogP contribution in [0.5, 0.6) is 0 Å². The molecule has 0 aliphatic carbocycles. The monoisotopic (exact) mass is 432 g/mol. The van der Waals surface area contributed by atoms with Crippen LogP contribution in [0.4, 0.5) is 10.1 Å². The quantitative estimate of drug-likeness (QED) is 0.519. The maximum Gasteiger partial charge on any atom is 0.255 e. The average Bonchev–Trinajstić information content (AvgIpc) is 3.07. The predicted octanol–water partition coefficient (Wildman–Crippen LogP) is 4.34. The Morgan fingerprint density at radius 3 is 2.70 bits per heavy atom. The van der Waals surface area contributed by atoms with Crippen LogP contribution in [0.15, 0.2) is 42.7 Å². The summed E-state index contributed by atoms with van der Waals surface area (Å²) >= 11 is 6.07. The van der Waals surface area contributed by atoms with E-state index < -0.39 is 17.7 Å². The number of nitrogens with zero attached hydrogens (tertiary/aromatic N) is 2. The Kier molecular flexibility index (Phi) is 6.33. The number of benzene rings is 1. The molecule has 6 nitrogen and oxygen atoms in total. The Morgan fingerprint density at radius 1 is 1.30 bits per heavy atom. The van der Waals surface area contributed by atoms with E-state index in [0.717, 1.165) is 10.9 Å². The van der Waals surface area contributed by atoms with E-state index in [0.29, 0.717) is 22.1 Å². The molecule has 2 heterocycles. The Hall–Kier alpha value is -2.64. The molecule has 1 atom stereocenters. The Bertz CT molecular complexity index is 1060. The van der Waals surface area contributed by atoms with E-state index in [4.69, 9.17) is 11.6 Å². The highest BCUT2D eigenvalue weighted by molar-refractivity contribution is 6.31. The summed E-state index contributed by atoms with van der Waals surface area (Å²) in [5.41, 5.74) is 0.286. The third-order valence-corrected chi connectivity index (χ3v) is 4.92. The lowest BCUT2D eigenvalue weighted by atomic mass is 10.0. The number of carbonyl (C=O) groups is 1. The zero-order valence-corrected chi connectivity index (χ0v) is 18.2. The number of halogens is 2. The summed E-state index contributed by atoms with van der Waals surface area (Å²) in [6.07, 6.45) is 1.77. The molecule has 1 unspecified atom stereocenters. The lowest BCUT2D eigenvalue weighted by Crippen LogP contribution is -2.42. The lowest BCUT2D eigenvalue weighted by Gasteiger charge is -2.23. The molecule has 0 saturated heterocycles. The second-order valence-electron chi connectivity index (χ2n) is 8.11. The summed E-state index contributed by atoms with van der Waals surface area (Å²) < 4.78 is 15.9. The Balaban J connectivity index is 1.92. The normalized spacial score (nSPS) is 12.9. The third-order valence-electron chi connectivity index (χ3n) is 4.69. The van der Waals surface area contributed by atoms with Crippen molar-refractivity contribution in [2.45, 2.75) is 45.5 Å². The average molecular weight is 433 g/mol. The number of aromatic nitrogens is 2. The molecule has 2 aromatic heterocycles. The molecule has 1 amide bonds. The molecule has 3 N–H and O–H groups in total. The minimum atomic E-state index is -1.59. The molecule has 0 radical (unpaired) electrons. The number of hydrogen-bond donors (Lipinski definition) is 3. The van der Waals surface area contributed by atoms with Gasteiger partial charge in [-0.05, 0) is 52.0 Å². The summed E-state index contributed by atoms with van der Waals surface area (Å²) in [7, 11) is 0. The van der Waals surface area contributed by atoms with E-state index in [9.17, 15) is 14.3 Å². The number of alkyl halides is 1. The molecule has 1 aromatic carbocycles. The van der Waals surface area contributed by atoms with Gasteiger partial charge in [-0.3, -0.25) is 4.79 Å². The number of aliphatic hydroxyl groups is 1. The van der Waals surface area contributed by atoms with Crippen molar-refractivity contribution in [3.05, 3.63) is 53.3 Å². The maximum atomic E-state index is 14.0. The number of pyridine rings is 1. The molecule has 8 heteroatoms. The summed E-state index contributed by atoms with van der Waals surface area (Å²) in [6, 6.07) is 9.39. The van der Waals surface area contributed by atoms with Crippen LogP contribution in [0.25, 0.3) is 16.7 Å². The van der Waals surface area contributed by atoms with E-state index in [1.807, 2.05) is 48.9 Å². The van der Waals surface area contributed by atoms with Gasteiger partial charge in [0.05, 0.1) is 28.9 Å². The highest BCUT2D eigenvalue weighted by Crippen LogP contribution is 2.25. The summed E-state index contributed by atoms with van der Waals surface area (Å²) in [6.45, 7) is 6.34. The number of anilines is 1. The van der Waals surface area contributed by atoms with Gasteiger partial charge in [0.15, 0.2) is 0 Å². The van der Waals surface area contributed by atoms with Gasteiger partial charge in [-0.25, -0.2) is 9.37 Å². The van der Waals surface area contributed by atoms with Gasteiger partial charge in [0.1, 0.15) is 12.0 Å². The minimum Gasteiger partial charge on any atom is -0.387 e. The summed E-state index contributed by atoms with van der Waals surface area (Å²) in [5, 5.41) is 17.1. The molecule has 3 rings (SSSR count). The topological polar surface area (TPSA) is 79.2 Å². The van der Waals surface area contributed by atoms with Crippen molar-refractivity contribution in [3.8, 4) is 5.82 Å². The number of nitrogens with one attached hydrogen (secondary N) is 2. The van der Waals surface area contributed by atoms with E-state index in [-0.39, 0.29) is 12.6 Å². The van der Waals surface area contributed by atoms with E-state index in [2.05, 4.69) is 15.6 Å². The summed E-state index contributed by atoms with van der Waals surface area (Å²) in [4.78, 5) is 17.1. The lowest BCUT2D eigenvalue weighted by molar-refractivity contribution is -0.00177. The van der Waals surface area contributed by atoms with Crippen molar-refractivity contribution < 1.29 is 14.3 Å². The fraction of sp³-hybridized carbons (Fsp3) is 0.364. The fourth-order valence-electron chi connectivity index (χ4n) is 3.03. The summed E-state index contributed by atoms with van der Waals surface area (Å²) in [5.74, 6) is 0.167. The molecule has 0 spiro atoms. The molecule has 0 fully saturated rings. The molecule has 160 valence electrons. The van der Waals surface area contributed by atoms with Crippen molar-refractivity contribution in [1.29, 1.82) is 0 Å². The standard InChI is InChI=1S/C22H26ClFN4O2/c1-13(2)27-17-10-20(28-8-7-14-9-15(23)5-6-18(14)28)25-11-16(17)21(29)26-12-19(24)22(3,4)30/h5-11,13,19,30H,12H2,1-4H3,(H,25,27)(H,26,29). The van der Waals surface area contributed by atoms with E-state index >= 15 is 0 Å². The number of carbonyl (C=O) groups excluding carboxylic acids is 1. The molecule has 3 aromatic rings. The van der Waals surface area contributed by atoms with Crippen LogP contribution in [0.1, 0.15) is 38.1 Å². The molecular formula is C22H26ClFN4O2. The minimum absolute atomic E-state index is 0.0670. The third kappa shape index (κ3) is 4.91. The maximum absolute atomic E-state index is 14.0. The fourth-order valence-corrected chi connectivity index (χ4v) is 3.21. The molecule has 0 aliphatic heterocycles. The SMILES string of the molecule is CC(C)Nc1cc(-n2ccc3cc(Cl)ccc32)ncc1C(=O)NCC(F)C(C)(C)O. The van der Waals surface area contributed by atoms with Gasteiger partial charge in [-0.2, -0.15) is 0 Å². The number of fused-ring (bicyclic) bond motifs is 1. The number of rotatable bonds is 7. The zero-order chi connectivity index (χ0) is 22.1. The number of hydrogen-bond acceptors (Lipinski definition) is 4. The predicted molar refractivity (Wildman–Crippen MR) is 118 cm³/mol. The first kappa shape index (κ1) is 22.1. The first-order chi connectivity index (χ1) is 14.1. The van der Waals surface area contributed by atoms with Crippen molar-refractivity contribution >= 4 is 34.1 Å². The van der Waals surface area contributed by atoms with E-state index in [1.54, 1.807) is 6.07 Å². The van der Waals surface area contributed by atoms with Gasteiger partial charge in [0.25, 0.3) is 5.91 Å². The van der Waals surface area contributed by atoms with Crippen LogP contribution in [-0.2, 0) is 0 Å². The molecule has 30 heavy (non-hydrogen) atoms. The van der Waals surface area contributed by atoms with Gasteiger partial charge in [0, 0.05) is 34.9 Å². The molecule has 0 saturated carbocycles. The first-order valence-electron chi connectivity index (χ1n) is 9.74. The van der Waals surface area contributed by atoms with Crippen LogP contribution in [0.3, 0.4) is 0 Å². The second kappa shape index (κ2) is 8.62. The van der Waals surface area contributed by atoms with Crippen molar-refractivity contribution in [1.82, 2.24) is 14.9 Å². The van der Waals surface area contributed by atoms with Crippen LogP contribution < -0.4 is 10.6 Å². The van der Waals surface area contributed by atoms with Crippen LogP contribution >= 0.6 is 11.6 Å². The van der Waals surface area contributed by atoms with Crippen LogP contribution in [-0.4, -0.2) is 44.9 Å². The zero-order valence-electron chi connectivity index (χ0n) is 17.4. The van der Waals surface area contributed by atoms with Gasteiger partial charge in [-0.15, -0.1) is 0 Å². The van der Waals surface area contributed by atoms with Crippen molar-refractivity contribution in [2.75, 3.05) is 11.9 Å². The van der Waals surface area contributed by atoms with Crippen molar-refractivity contribution in [3.63, 3.8) is 0 Å². The Morgan fingerprint density at radius 2 is 2.03 bits per heavy atom. The van der Waals surface area contributed by atoms with Crippen LogP contribution in [0, 0.1) is 0 Å². The molecule has 0 bridgehead atoms. The largest absolute Gasteiger partial charge is 0.387 e. The van der Waals surface area contributed by atoms with Gasteiger partial charge >= 0.3 is 0 Å². The highest BCUT2D eigenvalue weighted by atomic mass is 35.5. The highest BCUT2D eigenvalue weighted by Gasteiger charge is 2.27. The van der Waals surface area contributed by atoms with Gasteiger partial charge in [0.2, 0.25) is 0 Å².